The number of carbonyl (C=O) groups is 1. The van der Waals surface area contributed by atoms with Crippen LogP contribution in [-0.2, 0) is 6.54 Å². The lowest BCUT2D eigenvalue weighted by Crippen LogP contribution is -2.34. The van der Waals surface area contributed by atoms with Gasteiger partial charge in [0.25, 0.3) is 11.6 Å². The van der Waals surface area contributed by atoms with Gasteiger partial charge in [0.05, 0.1) is 17.2 Å². The van der Waals surface area contributed by atoms with E-state index >= 15 is 0 Å². The molecule has 3 aromatic rings. The minimum atomic E-state index is -0.490. The molecule has 0 aliphatic heterocycles. The summed E-state index contributed by atoms with van der Waals surface area (Å²) < 4.78 is 5.43. The number of nitro benzene ring substituents is 1. The monoisotopic (exact) mass is 408 g/mol. The largest absolute Gasteiger partial charge is 0.468 e. The molecule has 156 valence electrons. The Balaban J connectivity index is 1.70. The van der Waals surface area contributed by atoms with Gasteiger partial charge in [0, 0.05) is 24.7 Å². The third-order valence-corrected chi connectivity index (χ3v) is 4.73. The Morgan fingerprint density at radius 3 is 2.53 bits per heavy atom. The van der Waals surface area contributed by atoms with Gasteiger partial charge in [0.15, 0.2) is 0 Å². The third kappa shape index (κ3) is 5.24. The van der Waals surface area contributed by atoms with Gasteiger partial charge in [-0.15, -0.1) is 0 Å². The lowest BCUT2D eigenvalue weighted by Gasteiger charge is -2.22. The second-order valence-electron chi connectivity index (χ2n) is 7.03. The molecule has 0 spiro atoms. The number of benzene rings is 2. The van der Waals surface area contributed by atoms with E-state index in [4.69, 9.17) is 4.42 Å². The fourth-order valence-corrected chi connectivity index (χ4v) is 3.08. The molecule has 0 aliphatic carbocycles. The summed E-state index contributed by atoms with van der Waals surface area (Å²) in [4.78, 5) is 25.6. The normalized spacial score (nSPS) is 11.8. The zero-order valence-corrected chi connectivity index (χ0v) is 16.9. The van der Waals surface area contributed by atoms with Crippen molar-refractivity contribution in [2.45, 2.75) is 12.6 Å². The van der Waals surface area contributed by atoms with Crippen LogP contribution >= 0.6 is 0 Å². The number of nitrogens with one attached hydrogen (secondary N) is 2. The van der Waals surface area contributed by atoms with Gasteiger partial charge in [-0.05, 0) is 43.9 Å². The molecule has 2 aromatic carbocycles. The summed E-state index contributed by atoms with van der Waals surface area (Å²) in [6.07, 6.45) is 1.58. The van der Waals surface area contributed by atoms with Gasteiger partial charge in [0.1, 0.15) is 11.4 Å². The molecule has 1 unspecified atom stereocenters. The first kappa shape index (κ1) is 21.1. The zero-order valence-electron chi connectivity index (χ0n) is 16.9. The van der Waals surface area contributed by atoms with Crippen molar-refractivity contribution < 1.29 is 14.1 Å². The van der Waals surface area contributed by atoms with Crippen molar-refractivity contribution in [3.05, 3.63) is 93.9 Å². The summed E-state index contributed by atoms with van der Waals surface area (Å²) in [6, 6.07) is 17.5. The Labute approximate surface area is 174 Å². The van der Waals surface area contributed by atoms with Crippen molar-refractivity contribution in [3.8, 4) is 0 Å². The number of nitro groups is 1. The molecule has 8 nitrogen and oxygen atoms in total. The lowest BCUT2D eigenvalue weighted by atomic mass is 10.1. The molecule has 0 saturated carbocycles. The molecule has 30 heavy (non-hydrogen) atoms. The van der Waals surface area contributed by atoms with Crippen LogP contribution in [-0.4, -0.2) is 36.4 Å². The highest BCUT2D eigenvalue weighted by molar-refractivity contribution is 5.95. The Morgan fingerprint density at radius 1 is 1.13 bits per heavy atom. The quantitative estimate of drug-likeness (QED) is 0.412. The fourth-order valence-electron chi connectivity index (χ4n) is 3.08. The number of hydrogen-bond donors (Lipinski definition) is 2. The van der Waals surface area contributed by atoms with Gasteiger partial charge in [-0.25, -0.2) is 0 Å². The predicted octanol–water partition coefficient (Wildman–Crippen LogP) is 3.83. The maximum Gasteiger partial charge on any atom is 0.293 e. The van der Waals surface area contributed by atoms with Crippen LogP contribution in [0.2, 0.25) is 0 Å². The fraction of sp³-hybridized carbons (Fsp3) is 0.227. The van der Waals surface area contributed by atoms with Crippen molar-refractivity contribution in [2.24, 2.45) is 0 Å². The molecule has 1 aromatic heterocycles. The van der Waals surface area contributed by atoms with E-state index in [9.17, 15) is 14.9 Å². The van der Waals surface area contributed by atoms with Gasteiger partial charge in [-0.1, -0.05) is 30.3 Å². The van der Waals surface area contributed by atoms with E-state index in [-0.39, 0.29) is 23.2 Å². The van der Waals surface area contributed by atoms with Crippen LogP contribution in [0.15, 0.2) is 71.3 Å². The highest BCUT2D eigenvalue weighted by Crippen LogP contribution is 2.26. The van der Waals surface area contributed by atoms with Crippen LogP contribution in [0.3, 0.4) is 0 Å². The SMILES string of the molecule is CN(C)C(CNC(=O)c1ccc(NCc2ccccc2)c([N+](=O)[O-])c1)c1ccco1. The predicted molar refractivity (Wildman–Crippen MR) is 114 cm³/mol. The van der Waals surface area contributed by atoms with Crippen LogP contribution in [0.25, 0.3) is 0 Å². The van der Waals surface area contributed by atoms with Crippen LogP contribution in [0.1, 0.15) is 27.7 Å². The minimum Gasteiger partial charge on any atom is -0.468 e. The lowest BCUT2D eigenvalue weighted by molar-refractivity contribution is -0.384. The highest BCUT2D eigenvalue weighted by atomic mass is 16.6. The molecule has 0 bridgehead atoms. The van der Waals surface area contributed by atoms with Crippen molar-refractivity contribution in [1.82, 2.24) is 10.2 Å². The highest BCUT2D eigenvalue weighted by Gasteiger charge is 2.21. The Morgan fingerprint density at radius 2 is 1.90 bits per heavy atom. The standard InChI is InChI=1S/C22H24N4O4/c1-25(2)20(21-9-6-12-30-21)15-24-22(27)17-10-11-18(19(13-17)26(28)29)23-14-16-7-4-3-5-8-16/h3-13,20,23H,14-15H2,1-2H3,(H,24,27). The van der Waals surface area contributed by atoms with Gasteiger partial charge < -0.3 is 15.1 Å². The Kier molecular flexibility index (Phi) is 6.82. The number of furan rings is 1. The number of amides is 1. The van der Waals surface area contributed by atoms with E-state index < -0.39 is 4.92 Å². The van der Waals surface area contributed by atoms with Gasteiger partial charge in [-0.2, -0.15) is 0 Å². The Hall–Kier alpha value is -3.65. The van der Waals surface area contributed by atoms with Crippen LogP contribution in [0, 0.1) is 10.1 Å². The summed E-state index contributed by atoms with van der Waals surface area (Å²) in [6.45, 7) is 0.752. The molecule has 1 heterocycles. The van der Waals surface area contributed by atoms with E-state index in [1.54, 1.807) is 24.5 Å². The van der Waals surface area contributed by atoms with Gasteiger partial charge in [0.2, 0.25) is 0 Å². The summed E-state index contributed by atoms with van der Waals surface area (Å²) in [5.41, 5.74) is 1.45. The first-order chi connectivity index (χ1) is 14.5. The number of nitrogens with zero attached hydrogens (tertiary/aromatic N) is 2. The molecule has 0 aliphatic rings. The zero-order chi connectivity index (χ0) is 21.5. The second kappa shape index (κ2) is 9.71. The molecule has 0 saturated heterocycles. The topological polar surface area (TPSA) is 101 Å². The second-order valence-corrected chi connectivity index (χ2v) is 7.03. The first-order valence-corrected chi connectivity index (χ1v) is 9.50. The van der Waals surface area contributed by atoms with Crippen LogP contribution in [0.4, 0.5) is 11.4 Å². The van der Waals surface area contributed by atoms with E-state index in [0.29, 0.717) is 18.8 Å². The number of likely N-dealkylation sites (N-methyl/N-ethyl adjacent to an activating group) is 1. The third-order valence-electron chi connectivity index (χ3n) is 4.73. The summed E-state index contributed by atoms with van der Waals surface area (Å²) in [5, 5.41) is 17.4. The molecule has 3 rings (SSSR count). The Bertz CT molecular complexity index is 988. The van der Waals surface area contributed by atoms with Crippen molar-refractivity contribution in [2.75, 3.05) is 26.0 Å². The first-order valence-electron chi connectivity index (χ1n) is 9.50. The van der Waals surface area contributed by atoms with E-state index in [1.165, 1.54) is 6.07 Å². The van der Waals surface area contributed by atoms with Crippen molar-refractivity contribution in [1.29, 1.82) is 0 Å². The smallest absolute Gasteiger partial charge is 0.293 e. The van der Waals surface area contributed by atoms with E-state index in [2.05, 4.69) is 10.6 Å². The van der Waals surface area contributed by atoms with E-state index in [0.717, 1.165) is 11.3 Å². The molecule has 0 radical (unpaired) electrons. The van der Waals surface area contributed by atoms with Gasteiger partial charge in [-0.3, -0.25) is 19.8 Å². The summed E-state index contributed by atoms with van der Waals surface area (Å²) in [7, 11) is 3.77. The molecular weight excluding hydrogens is 384 g/mol. The van der Waals surface area contributed by atoms with Crippen LogP contribution in [0.5, 0.6) is 0 Å². The number of rotatable bonds is 9. The maximum absolute atomic E-state index is 12.6. The maximum atomic E-state index is 12.6. The summed E-state index contributed by atoms with van der Waals surface area (Å²) >= 11 is 0. The molecule has 1 atom stereocenters. The molecule has 0 fully saturated rings. The van der Waals surface area contributed by atoms with E-state index in [1.807, 2.05) is 55.4 Å². The van der Waals surface area contributed by atoms with Crippen molar-refractivity contribution >= 4 is 17.3 Å². The molecule has 1 amide bonds. The average molecular weight is 408 g/mol. The van der Waals surface area contributed by atoms with Gasteiger partial charge >= 0.3 is 0 Å². The average Bonchev–Trinajstić information content (AvgIpc) is 3.27. The molecular formula is C22H24N4O4. The van der Waals surface area contributed by atoms with Crippen molar-refractivity contribution in [3.63, 3.8) is 0 Å². The minimum absolute atomic E-state index is 0.145. The number of carbonyl (C=O) groups excluding carboxylic acids is 1. The molecule has 8 heteroatoms. The summed E-state index contributed by atoms with van der Waals surface area (Å²) in [5.74, 6) is 0.345. The number of anilines is 1. The number of hydrogen-bond acceptors (Lipinski definition) is 6. The molecule has 2 N–H and O–H groups in total. The van der Waals surface area contributed by atoms with Crippen LogP contribution < -0.4 is 10.6 Å².